The van der Waals surface area contributed by atoms with Gasteiger partial charge in [0.05, 0.1) is 11.7 Å². The average molecular weight is 279 g/mol. The summed E-state index contributed by atoms with van der Waals surface area (Å²) in [5, 5.41) is 10.2. The third-order valence-electron chi connectivity index (χ3n) is 3.22. The highest BCUT2D eigenvalue weighted by Crippen LogP contribution is 2.17. The highest BCUT2D eigenvalue weighted by molar-refractivity contribution is 6.46. The largest absolute Gasteiger partial charge is 0.319 e. The van der Waals surface area contributed by atoms with E-state index in [9.17, 15) is 9.59 Å². The Bertz CT molecular complexity index is 819. The number of ketones is 1. The van der Waals surface area contributed by atoms with Gasteiger partial charge in [0.25, 0.3) is 11.7 Å². The normalized spacial score (nSPS) is 10.5. The Labute approximate surface area is 121 Å². The highest BCUT2D eigenvalue weighted by atomic mass is 16.2. The van der Waals surface area contributed by atoms with E-state index in [1.165, 1.54) is 0 Å². The maximum absolute atomic E-state index is 12.0. The lowest BCUT2D eigenvalue weighted by Crippen LogP contribution is -2.22. The summed E-state index contributed by atoms with van der Waals surface area (Å²) in [6, 6.07) is 12.2. The summed E-state index contributed by atoms with van der Waals surface area (Å²) in [6.07, 6.45) is 1.66. The Morgan fingerprint density at radius 3 is 2.62 bits per heavy atom. The van der Waals surface area contributed by atoms with Crippen LogP contribution in [0.4, 0.5) is 5.69 Å². The molecule has 21 heavy (non-hydrogen) atoms. The van der Waals surface area contributed by atoms with E-state index in [1.54, 1.807) is 48.7 Å². The number of benzene rings is 2. The van der Waals surface area contributed by atoms with Crippen LogP contribution in [-0.2, 0) is 4.79 Å². The molecule has 0 radical (unpaired) electrons. The summed E-state index contributed by atoms with van der Waals surface area (Å²) in [5.74, 6) is -1.20. The first-order valence-corrected chi connectivity index (χ1v) is 6.49. The van der Waals surface area contributed by atoms with Crippen LogP contribution in [0, 0.1) is 6.92 Å². The highest BCUT2D eigenvalue weighted by Gasteiger charge is 2.16. The fraction of sp³-hybridized carbons (Fsp3) is 0.0625. The van der Waals surface area contributed by atoms with Crippen molar-refractivity contribution in [3.8, 4) is 0 Å². The lowest BCUT2D eigenvalue weighted by atomic mass is 10.1. The van der Waals surface area contributed by atoms with Gasteiger partial charge in [-0.05, 0) is 25.1 Å². The van der Waals surface area contributed by atoms with Gasteiger partial charge in [-0.3, -0.25) is 14.7 Å². The van der Waals surface area contributed by atoms with Crippen molar-refractivity contribution in [1.29, 1.82) is 0 Å². The molecule has 5 heteroatoms. The van der Waals surface area contributed by atoms with E-state index in [0.29, 0.717) is 11.3 Å². The molecule has 3 rings (SSSR count). The van der Waals surface area contributed by atoms with Crippen LogP contribution in [0.15, 0.2) is 48.7 Å². The smallest absolute Gasteiger partial charge is 0.296 e. The number of Topliss-reactive ketones (excluding diaryl/α,β-unsaturated/α-hetero) is 1. The average Bonchev–Trinajstić information content (AvgIpc) is 2.95. The van der Waals surface area contributed by atoms with Crippen LogP contribution < -0.4 is 5.32 Å². The first-order chi connectivity index (χ1) is 10.1. The summed E-state index contributed by atoms with van der Waals surface area (Å²) in [7, 11) is 0. The number of aromatic amines is 1. The second kappa shape index (κ2) is 5.20. The zero-order chi connectivity index (χ0) is 14.8. The van der Waals surface area contributed by atoms with Gasteiger partial charge < -0.3 is 5.32 Å². The van der Waals surface area contributed by atoms with E-state index in [-0.39, 0.29) is 0 Å². The van der Waals surface area contributed by atoms with Crippen molar-refractivity contribution in [2.24, 2.45) is 0 Å². The molecule has 0 bridgehead atoms. The summed E-state index contributed by atoms with van der Waals surface area (Å²) in [4.78, 5) is 24.0. The maximum Gasteiger partial charge on any atom is 0.296 e. The number of hydrogen-bond acceptors (Lipinski definition) is 3. The Hall–Kier alpha value is -2.95. The van der Waals surface area contributed by atoms with Crippen molar-refractivity contribution >= 4 is 28.3 Å². The zero-order valence-electron chi connectivity index (χ0n) is 11.4. The van der Waals surface area contributed by atoms with Crippen LogP contribution in [0.2, 0.25) is 0 Å². The second-order valence-corrected chi connectivity index (χ2v) is 4.82. The summed E-state index contributed by atoms with van der Waals surface area (Å²) in [5.41, 5.74) is 2.85. The molecule has 1 amide bonds. The number of anilines is 1. The molecule has 0 aliphatic carbocycles. The van der Waals surface area contributed by atoms with Crippen molar-refractivity contribution in [1.82, 2.24) is 10.2 Å². The van der Waals surface area contributed by atoms with Crippen LogP contribution in [-0.4, -0.2) is 21.9 Å². The van der Waals surface area contributed by atoms with Gasteiger partial charge >= 0.3 is 0 Å². The van der Waals surface area contributed by atoms with Crippen LogP contribution in [0.25, 0.3) is 10.9 Å². The molecule has 5 nitrogen and oxygen atoms in total. The van der Waals surface area contributed by atoms with Gasteiger partial charge in [-0.1, -0.05) is 29.8 Å². The second-order valence-electron chi connectivity index (χ2n) is 4.82. The van der Waals surface area contributed by atoms with E-state index in [2.05, 4.69) is 15.5 Å². The third-order valence-corrected chi connectivity index (χ3v) is 3.22. The number of nitrogens with one attached hydrogen (secondary N) is 2. The summed E-state index contributed by atoms with van der Waals surface area (Å²) >= 11 is 0. The van der Waals surface area contributed by atoms with Gasteiger partial charge in [-0.2, -0.15) is 5.10 Å². The topological polar surface area (TPSA) is 74.8 Å². The van der Waals surface area contributed by atoms with Gasteiger partial charge in [0, 0.05) is 16.6 Å². The quantitative estimate of drug-likeness (QED) is 0.571. The Morgan fingerprint density at radius 2 is 1.86 bits per heavy atom. The van der Waals surface area contributed by atoms with Crippen LogP contribution in [0.5, 0.6) is 0 Å². The number of rotatable bonds is 3. The zero-order valence-corrected chi connectivity index (χ0v) is 11.4. The molecule has 1 heterocycles. The van der Waals surface area contributed by atoms with E-state index < -0.39 is 11.7 Å². The lowest BCUT2D eigenvalue weighted by molar-refractivity contribution is -0.112. The number of H-pyrrole nitrogens is 1. The molecule has 0 fully saturated rings. The minimum Gasteiger partial charge on any atom is -0.319 e. The predicted molar refractivity (Wildman–Crippen MR) is 80.2 cm³/mol. The Balaban J connectivity index is 1.78. The number of aromatic nitrogens is 2. The van der Waals surface area contributed by atoms with Gasteiger partial charge in [0.15, 0.2) is 0 Å². The molecule has 1 aromatic heterocycles. The molecule has 2 aromatic carbocycles. The van der Waals surface area contributed by atoms with E-state index >= 15 is 0 Å². The van der Waals surface area contributed by atoms with Crippen molar-refractivity contribution in [3.05, 3.63) is 59.8 Å². The van der Waals surface area contributed by atoms with Crippen molar-refractivity contribution in [3.63, 3.8) is 0 Å². The van der Waals surface area contributed by atoms with Crippen molar-refractivity contribution in [2.45, 2.75) is 6.92 Å². The number of carbonyl (C=O) groups excluding carboxylic acids is 2. The fourth-order valence-electron chi connectivity index (χ4n) is 2.04. The molecule has 0 atom stereocenters. The molecule has 0 spiro atoms. The van der Waals surface area contributed by atoms with Crippen molar-refractivity contribution in [2.75, 3.05) is 5.32 Å². The van der Waals surface area contributed by atoms with Crippen LogP contribution >= 0.6 is 0 Å². The fourth-order valence-corrected chi connectivity index (χ4v) is 2.04. The molecule has 2 N–H and O–H groups in total. The van der Waals surface area contributed by atoms with Crippen LogP contribution in [0.3, 0.4) is 0 Å². The summed E-state index contributed by atoms with van der Waals surface area (Å²) < 4.78 is 0. The molecule has 3 aromatic rings. The number of carbonyl (C=O) groups is 2. The SMILES string of the molecule is Cc1ccc(C(=O)C(=O)Nc2ccc3[nH]ncc3c2)cc1. The maximum atomic E-state index is 12.0. The van der Waals surface area contributed by atoms with Crippen LogP contribution in [0.1, 0.15) is 15.9 Å². The number of nitrogens with zero attached hydrogens (tertiary/aromatic N) is 1. The molecular weight excluding hydrogens is 266 g/mol. The molecule has 0 aliphatic heterocycles. The minimum atomic E-state index is -0.651. The summed E-state index contributed by atoms with van der Waals surface area (Å²) in [6.45, 7) is 1.93. The first-order valence-electron chi connectivity index (χ1n) is 6.49. The number of hydrogen-bond donors (Lipinski definition) is 2. The molecule has 104 valence electrons. The molecule has 0 saturated heterocycles. The van der Waals surface area contributed by atoms with Gasteiger partial charge in [0.1, 0.15) is 0 Å². The standard InChI is InChI=1S/C16H13N3O2/c1-10-2-4-11(5-3-10)15(20)16(21)18-13-6-7-14-12(8-13)9-17-19-14/h2-9H,1H3,(H,17,19)(H,18,21). The first kappa shape index (κ1) is 13.1. The number of aryl methyl sites for hydroxylation is 1. The third kappa shape index (κ3) is 2.67. The van der Waals surface area contributed by atoms with Gasteiger partial charge in [-0.25, -0.2) is 0 Å². The lowest BCUT2D eigenvalue weighted by Gasteiger charge is -2.05. The molecule has 0 unspecified atom stereocenters. The van der Waals surface area contributed by atoms with E-state index in [0.717, 1.165) is 16.5 Å². The minimum absolute atomic E-state index is 0.377. The van der Waals surface area contributed by atoms with E-state index in [1.807, 2.05) is 6.92 Å². The van der Waals surface area contributed by atoms with Gasteiger partial charge in [-0.15, -0.1) is 0 Å². The predicted octanol–water partition coefficient (Wildman–Crippen LogP) is 2.69. The Morgan fingerprint density at radius 1 is 1.10 bits per heavy atom. The Kier molecular flexibility index (Phi) is 3.23. The molecular formula is C16H13N3O2. The number of fused-ring (bicyclic) bond motifs is 1. The monoisotopic (exact) mass is 279 g/mol. The number of amides is 1. The molecule has 0 saturated carbocycles. The van der Waals surface area contributed by atoms with Gasteiger partial charge in [0.2, 0.25) is 0 Å². The van der Waals surface area contributed by atoms with E-state index in [4.69, 9.17) is 0 Å². The molecule has 0 aliphatic rings. The van der Waals surface area contributed by atoms with Crippen molar-refractivity contribution < 1.29 is 9.59 Å².